The normalized spacial score (nSPS) is 21.6. The number of nitrogens with one attached hydrogen (secondary N) is 1. The molecule has 1 aromatic carbocycles. The van der Waals surface area contributed by atoms with Crippen LogP contribution in [0.4, 0.5) is 5.69 Å². The van der Waals surface area contributed by atoms with Crippen molar-refractivity contribution in [2.24, 2.45) is 10.7 Å². The molecule has 2 unspecified atom stereocenters. The maximum Gasteiger partial charge on any atom is 0.193 e. The van der Waals surface area contributed by atoms with Crippen molar-refractivity contribution in [3.05, 3.63) is 29.8 Å². The summed E-state index contributed by atoms with van der Waals surface area (Å²) < 4.78 is 10.9. The van der Waals surface area contributed by atoms with E-state index in [0.717, 1.165) is 37.3 Å². The van der Waals surface area contributed by atoms with E-state index in [4.69, 9.17) is 15.2 Å². The van der Waals surface area contributed by atoms with Crippen molar-refractivity contribution in [3.63, 3.8) is 0 Å². The summed E-state index contributed by atoms with van der Waals surface area (Å²) in [5.41, 5.74) is 8.00. The summed E-state index contributed by atoms with van der Waals surface area (Å²) in [6.07, 6.45) is 1.60. The summed E-state index contributed by atoms with van der Waals surface area (Å²) in [4.78, 5) is 6.86. The average Bonchev–Trinajstić information content (AvgIpc) is 2.53. The van der Waals surface area contributed by atoms with Gasteiger partial charge in [-0.2, -0.15) is 0 Å². The van der Waals surface area contributed by atoms with Crippen molar-refractivity contribution in [2.75, 3.05) is 38.6 Å². The summed E-state index contributed by atoms with van der Waals surface area (Å²) in [5, 5.41) is 3.16. The summed E-state index contributed by atoms with van der Waals surface area (Å²) in [7, 11) is 1.68. The molecule has 1 aromatic rings. The molecule has 0 amide bonds. The SMILES string of the molecule is COCc1ccccc1NC(N)=NCCCN1CC(C)OC(C)C1.I. The van der Waals surface area contributed by atoms with Crippen molar-refractivity contribution < 1.29 is 9.47 Å². The Labute approximate surface area is 168 Å². The minimum atomic E-state index is 0. The van der Waals surface area contributed by atoms with Crippen LogP contribution in [0.15, 0.2) is 29.3 Å². The number of hydrogen-bond acceptors (Lipinski definition) is 4. The third-order valence-electron chi connectivity index (χ3n) is 3.99. The standard InChI is InChI=1S/C18H30N4O2.HI/c1-14-11-22(12-15(2)24-14)10-6-9-20-18(19)21-17-8-5-4-7-16(17)13-23-3;/h4-5,7-8,14-15H,6,9-13H2,1-3H3,(H3,19,20,21);1H. The molecular weight excluding hydrogens is 431 g/mol. The molecule has 1 saturated heterocycles. The zero-order chi connectivity index (χ0) is 17.4. The van der Waals surface area contributed by atoms with E-state index in [1.54, 1.807) is 7.11 Å². The smallest absolute Gasteiger partial charge is 0.193 e. The molecule has 2 rings (SSSR count). The van der Waals surface area contributed by atoms with Gasteiger partial charge in [0.15, 0.2) is 5.96 Å². The van der Waals surface area contributed by atoms with Gasteiger partial charge in [-0.1, -0.05) is 18.2 Å². The molecule has 0 radical (unpaired) electrons. The molecule has 0 saturated carbocycles. The molecule has 0 bridgehead atoms. The zero-order valence-electron chi connectivity index (χ0n) is 15.4. The lowest BCUT2D eigenvalue weighted by molar-refractivity contribution is -0.0679. The van der Waals surface area contributed by atoms with Gasteiger partial charge in [-0.15, -0.1) is 24.0 Å². The van der Waals surface area contributed by atoms with Crippen LogP contribution in [0.25, 0.3) is 0 Å². The number of guanidine groups is 1. The number of hydrogen-bond donors (Lipinski definition) is 2. The fourth-order valence-corrected chi connectivity index (χ4v) is 3.06. The van der Waals surface area contributed by atoms with Crippen LogP contribution in [0, 0.1) is 0 Å². The monoisotopic (exact) mass is 462 g/mol. The van der Waals surface area contributed by atoms with Crippen LogP contribution in [0.5, 0.6) is 0 Å². The quantitative estimate of drug-likeness (QED) is 0.282. The van der Waals surface area contributed by atoms with Gasteiger partial charge in [0.1, 0.15) is 0 Å². The maximum absolute atomic E-state index is 6.00. The Morgan fingerprint density at radius 2 is 2.00 bits per heavy atom. The third kappa shape index (κ3) is 7.89. The number of rotatable bonds is 7. The number of ether oxygens (including phenoxy) is 2. The topological polar surface area (TPSA) is 72.1 Å². The van der Waals surface area contributed by atoms with Gasteiger partial charge < -0.3 is 20.5 Å². The molecule has 0 aromatic heterocycles. The number of morpholine rings is 1. The van der Waals surface area contributed by atoms with Crippen LogP contribution in [-0.2, 0) is 16.1 Å². The number of anilines is 1. The molecule has 25 heavy (non-hydrogen) atoms. The molecule has 142 valence electrons. The van der Waals surface area contributed by atoms with Gasteiger partial charge >= 0.3 is 0 Å². The summed E-state index contributed by atoms with van der Waals surface area (Å²) in [6, 6.07) is 7.94. The fourth-order valence-electron chi connectivity index (χ4n) is 3.06. The second-order valence-corrected chi connectivity index (χ2v) is 6.35. The zero-order valence-corrected chi connectivity index (χ0v) is 17.7. The number of nitrogens with two attached hydrogens (primary N) is 1. The highest BCUT2D eigenvalue weighted by molar-refractivity contribution is 14.0. The van der Waals surface area contributed by atoms with Gasteiger partial charge in [0, 0.05) is 44.5 Å². The summed E-state index contributed by atoms with van der Waals surface area (Å²) in [6.45, 7) is 8.52. The number of methoxy groups -OCH3 is 1. The van der Waals surface area contributed by atoms with Crippen LogP contribution < -0.4 is 11.1 Å². The second kappa shape index (κ2) is 11.7. The Kier molecular flexibility index (Phi) is 10.3. The van der Waals surface area contributed by atoms with E-state index in [2.05, 4.69) is 29.1 Å². The minimum absolute atomic E-state index is 0. The molecule has 0 spiro atoms. The first kappa shape index (κ1) is 22.1. The van der Waals surface area contributed by atoms with Crippen molar-refractivity contribution in [1.29, 1.82) is 0 Å². The van der Waals surface area contributed by atoms with Gasteiger partial charge in [0.05, 0.1) is 18.8 Å². The van der Waals surface area contributed by atoms with Crippen LogP contribution in [0.3, 0.4) is 0 Å². The van der Waals surface area contributed by atoms with E-state index >= 15 is 0 Å². The van der Waals surface area contributed by atoms with Gasteiger partial charge in [0.2, 0.25) is 0 Å². The Hall–Kier alpha value is -0.900. The van der Waals surface area contributed by atoms with Crippen LogP contribution in [0.2, 0.25) is 0 Å². The Bertz CT molecular complexity index is 532. The highest BCUT2D eigenvalue weighted by Crippen LogP contribution is 2.15. The molecule has 3 N–H and O–H groups in total. The highest BCUT2D eigenvalue weighted by atomic mass is 127. The van der Waals surface area contributed by atoms with Crippen LogP contribution in [-0.4, -0.2) is 56.4 Å². The second-order valence-electron chi connectivity index (χ2n) is 6.35. The summed E-state index contributed by atoms with van der Waals surface area (Å²) in [5.74, 6) is 0.447. The average molecular weight is 462 g/mol. The lowest BCUT2D eigenvalue weighted by Gasteiger charge is -2.35. The number of halogens is 1. The minimum Gasteiger partial charge on any atom is -0.380 e. The number of aliphatic imine (C=N–C) groups is 1. The van der Waals surface area contributed by atoms with E-state index in [-0.39, 0.29) is 24.0 Å². The van der Waals surface area contributed by atoms with E-state index in [0.29, 0.717) is 31.3 Å². The van der Waals surface area contributed by atoms with E-state index < -0.39 is 0 Å². The van der Waals surface area contributed by atoms with E-state index in [9.17, 15) is 0 Å². The van der Waals surface area contributed by atoms with Crippen molar-refractivity contribution >= 4 is 35.6 Å². The Morgan fingerprint density at radius 3 is 2.68 bits per heavy atom. The molecule has 6 nitrogen and oxygen atoms in total. The number of benzene rings is 1. The van der Waals surface area contributed by atoms with Gasteiger partial charge in [-0.25, -0.2) is 0 Å². The molecule has 7 heteroatoms. The first-order valence-electron chi connectivity index (χ1n) is 8.60. The van der Waals surface area contributed by atoms with E-state index in [1.807, 2.05) is 24.3 Å². The molecule has 1 heterocycles. The molecular formula is C18H31IN4O2. The first-order valence-corrected chi connectivity index (χ1v) is 8.60. The molecule has 1 aliphatic heterocycles. The number of nitrogens with zero attached hydrogens (tertiary/aromatic N) is 2. The Balaban J connectivity index is 0.00000312. The van der Waals surface area contributed by atoms with Gasteiger partial charge in [-0.3, -0.25) is 9.89 Å². The van der Waals surface area contributed by atoms with Gasteiger partial charge in [0.25, 0.3) is 0 Å². The number of para-hydroxylation sites is 1. The molecule has 2 atom stereocenters. The Morgan fingerprint density at radius 1 is 1.32 bits per heavy atom. The van der Waals surface area contributed by atoms with Gasteiger partial charge in [-0.05, 0) is 26.3 Å². The largest absolute Gasteiger partial charge is 0.380 e. The lowest BCUT2D eigenvalue weighted by atomic mass is 10.2. The summed E-state index contributed by atoms with van der Waals surface area (Å²) >= 11 is 0. The predicted octanol–water partition coefficient (Wildman–Crippen LogP) is 2.68. The first-order chi connectivity index (χ1) is 11.6. The fraction of sp³-hybridized carbons (Fsp3) is 0.611. The highest BCUT2D eigenvalue weighted by Gasteiger charge is 2.21. The lowest BCUT2D eigenvalue weighted by Crippen LogP contribution is -2.45. The maximum atomic E-state index is 6.00. The van der Waals surface area contributed by atoms with Crippen molar-refractivity contribution in [3.8, 4) is 0 Å². The van der Waals surface area contributed by atoms with Crippen molar-refractivity contribution in [2.45, 2.75) is 39.1 Å². The third-order valence-corrected chi connectivity index (χ3v) is 3.99. The predicted molar refractivity (Wildman–Crippen MR) is 114 cm³/mol. The molecule has 0 aliphatic carbocycles. The van der Waals surface area contributed by atoms with Crippen molar-refractivity contribution in [1.82, 2.24) is 4.90 Å². The van der Waals surface area contributed by atoms with Crippen LogP contribution >= 0.6 is 24.0 Å². The molecule has 1 fully saturated rings. The van der Waals surface area contributed by atoms with Crippen LogP contribution in [0.1, 0.15) is 25.8 Å². The van der Waals surface area contributed by atoms with E-state index in [1.165, 1.54) is 0 Å². The molecule has 1 aliphatic rings.